The summed E-state index contributed by atoms with van der Waals surface area (Å²) in [4.78, 5) is 17.0. The third kappa shape index (κ3) is 6.42. The normalized spacial score (nSPS) is 14.6. The maximum absolute atomic E-state index is 12.6. The predicted octanol–water partition coefficient (Wildman–Crippen LogP) is 4.05. The minimum atomic E-state index is 0.0252. The van der Waals surface area contributed by atoms with Crippen molar-refractivity contribution < 1.29 is 9.53 Å². The SMILES string of the molecule is CCOc1ccccc1NC(=S)N1CCCN(CC(=O)Nc2c(C)cccc2C)CC1. The van der Waals surface area contributed by atoms with E-state index in [9.17, 15) is 4.79 Å². The van der Waals surface area contributed by atoms with E-state index in [1.54, 1.807) is 0 Å². The van der Waals surface area contributed by atoms with Gasteiger partial charge in [-0.3, -0.25) is 9.69 Å². The smallest absolute Gasteiger partial charge is 0.238 e. The molecule has 1 saturated heterocycles. The molecule has 0 aromatic heterocycles. The first kappa shape index (κ1) is 23.0. The Morgan fingerprint density at radius 1 is 1.00 bits per heavy atom. The minimum absolute atomic E-state index is 0.0252. The molecule has 0 unspecified atom stereocenters. The van der Waals surface area contributed by atoms with Gasteiger partial charge in [0.1, 0.15) is 5.75 Å². The van der Waals surface area contributed by atoms with Gasteiger partial charge in [-0.05, 0) is 62.7 Å². The summed E-state index contributed by atoms with van der Waals surface area (Å²) in [5.41, 5.74) is 3.96. The van der Waals surface area contributed by atoms with Crippen LogP contribution < -0.4 is 15.4 Å². The van der Waals surface area contributed by atoms with Crippen LogP contribution in [-0.4, -0.2) is 60.2 Å². The van der Waals surface area contributed by atoms with Gasteiger partial charge in [0, 0.05) is 31.9 Å². The van der Waals surface area contributed by atoms with E-state index in [4.69, 9.17) is 17.0 Å². The van der Waals surface area contributed by atoms with Crippen molar-refractivity contribution in [3.8, 4) is 5.75 Å². The first-order chi connectivity index (χ1) is 15.0. The molecule has 0 bridgehead atoms. The number of carbonyl (C=O) groups excluding carboxylic acids is 1. The van der Waals surface area contributed by atoms with Crippen LogP contribution in [0.2, 0.25) is 0 Å². The largest absolute Gasteiger partial charge is 0.492 e. The van der Waals surface area contributed by atoms with Gasteiger partial charge in [0.15, 0.2) is 5.11 Å². The highest BCUT2D eigenvalue weighted by Gasteiger charge is 2.20. The maximum atomic E-state index is 12.6. The van der Waals surface area contributed by atoms with Crippen LogP contribution in [0.4, 0.5) is 11.4 Å². The van der Waals surface area contributed by atoms with Crippen molar-refractivity contribution in [2.24, 2.45) is 0 Å². The molecule has 2 aromatic carbocycles. The number of benzene rings is 2. The number of aryl methyl sites for hydroxylation is 2. The lowest BCUT2D eigenvalue weighted by molar-refractivity contribution is -0.117. The molecule has 6 nitrogen and oxygen atoms in total. The Morgan fingerprint density at radius 2 is 1.74 bits per heavy atom. The molecule has 1 aliphatic heterocycles. The van der Waals surface area contributed by atoms with E-state index in [2.05, 4.69) is 20.4 Å². The van der Waals surface area contributed by atoms with E-state index in [0.29, 0.717) is 18.3 Å². The van der Waals surface area contributed by atoms with Gasteiger partial charge in [-0.25, -0.2) is 0 Å². The Balaban J connectivity index is 1.53. The summed E-state index contributed by atoms with van der Waals surface area (Å²) in [6.07, 6.45) is 0.950. The number of hydrogen-bond acceptors (Lipinski definition) is 4. The zero-order valence-electron chi connectivity index (χ0n) is 18.6. The molecule has 1 amide bonds. The topological polar surface area (TPSA) is 56.8 Å². The molecule has 31 heavy (non-hydrogen) atoms. The van der Waals surface area contributed by atoms with Crippen molar-refractivity contribution in [1.82, 2.24) is 9.80 Å². The number of carbonyl (C=O) groups is 1. The molecule has 1 fully saturated rings. The average molecular weight is 441 g/mol. The summed E-state index contributed by atoms with van der Waals surface area (Å²) in [5, 5.41) is 7.10. The Morgan fingerprint density at radius 3 is 2.48 bits per heavy atom. The second kappa shape index (κ2) is 11.1. The molecule has 0 saturated carbocycles. The molecular weight excluding hydrogens is 408 g/mol. The van der Waals surface area contributed by atoms with E-state index < -0.39 is 0 Å². The van der Waals surface area contributed by atoms with Gasteiger partial charge < -0.3 is 20.3 Å². The van der Waals surface area contributed by atoms with Gasteiger partial charge in [-0.15, -0.1) is 0 Å². The number of hydrogen-bond donors (Lipinski definition) is 2. The van der Waals surface area contributed by atoms with E-state index in [1.165, 1.54) is 0 Å². The summed E-state index contributed by atoms with van der Waals surface area (Å²) >= 11 is 5.66. The highest BCUT2D eigenvalue weighted by Crippen LogP contribution is 2.24. The summed E-state index contributed by atoms with van der Waals surface area (Å²) < 4.78 is 5.68. The van der Waals surface area contributed by atoms with Crippen molar-refractivity contribution >= 4 is 34.6 Å². The molecule has 0 aliphatic carbocycles. The first-order valence-electron chi connectivity index (χ1n) is 10.8. The van der Waals surface area contributed by atoms with Gasteiger partial charge in [-0.1, -0.05) is 30.3 Å². The zero-order chi connectivity index (χ0) is 22.2. The molecule has 166 valence electrons. The lowest BCUT2D eigenvalue weighted by atomic mass is 10.1. The molecule has 3 rings (SSSR count). The van der Waals surface area contributed by atoms with Crippen LogP contribution in [-0.2, 0) is 4.79 Å². The zero-order valence-corrected chi connectivity index (χ0v) is 19.4. The number of ether oxygens (including phenoxy) is 1. The molecule has 7 heteroatoms. The van der Waals surface area contributed by atoms with Crippen molar-refractivity contribution in [3.63, 3.8) is 0 Å². The van der Waals surface area contributed by atoms with Crippen LogP contribution in [0.15, 0.2) is 42.5 Å². The second-order valence-electron chi connectivity index (χ2n) is 7.79. The lowest BCUT2D eigenvalue weighted by Crippen LogP contribution is -2.39. The molecule has 0 spiro atoms. The van der Waals surface area contributed by atoms with Crippen molar-refractivity contribution in [2.45, 2.75) is 27.2 Å². The number of anilines is 2. The predicted molar refractivity (Wildman–Crippen MR) is 131 cm³/mol. The quantitative estimate of drug-likeness (QED) is 0.661. The third-order valence-corrected chi connectivity index (χ3v) is 5.78. The Hall–Kier alpha value is -2.64. The van der Waals surface area contributed by atoms with E-state index in [0.717, 1.165) is 60.9 Å². The van der Waals surface area contributed by atoms with Gasteiger partial charge in [0.05, 0.1) is 18.8 Å². The number of rotatable bonds is 6. The minimum Gasteiger partial charge on any atom is -0.492 e. The monoisotopic (exact) mass is 440 g/mol. The summed E-state index contributed by atoms with van der Waals surface area (Å²) in [7, 11) is 0. The fraction of sp³-hybridized carbons (Fsp3) is 0.417. The standard InChI is InChI=1S/C24H32N4O2S/c1-4-30-21-12-6-5-11-20(21)25-24(31)28-14-8-13-27(15-16-28)17-22(29)26-23-18(2)9-7-10-19(23)3/h5-7,9-12H,4,8,13-17H2,1-3H3,(H,25,31)(H,26,29). The lowest BCUT2D eigenvalue weighted by Gasteiger charge is -2.25. The molecule has 0 radical (unpaired) electrons. The number of thiocarbonyl (C=S) groups is 1. The van der Waals surface area contributed by atoms with Crippen LogP contribution >= 0.6 is 12.2 Å². The number of nitrogens with one attached hydrogen (secondary N) is 2. The van der Waals surface area contributed by atoms with Gasteiger partial charge in [0.25, 0.3) is 0 Å². The van der Waals surface area contributed by atoms with Crippen LogP contribution in [0.25, 0.3) is 0 Å². The van der Waals surface area contributed by atoms with Crippen molar-refractivity contribution in [1.29, 1.82) is 0 Å². The fourth-order valence-electron chi connectivity index (χ4n) is 3.77. The Kier molecular flexibility index (Phi) is 8.26. The van der Waals surface area contributed by atoms with Crippen LogP contribution in [0.5, 0.6) is 5.75 Å². The molecule has 2 aromatic rings. The maximum Gasteiger partial charge on any atom is 0.238 e. The second-order valence-corrected chi connectivity index (χ2v) is 8.18. The molecule has 1 aliphatic rings. The Labute approximate surface area is 190 Å². The summed E-state index contributed by atoms with van der Waals surface area (Å²) in [6, 6.07) is 13.9. The summed E-state index contributed by atoms with van der Waals surface area (Å²) in [6.45, 7) is 10.3. The van der Waals surface area contributed by atoms with Crippen molar-refractivity contribution in [2.75, 3.05) is 50.0 Å². The highest BCUT2D eigenvalue weighted by molar-refractivity contribution is 7.80. The Bertz CT molecular complexity index is 898. The number of para-hydroxylation sites is 3. The summed E-state index contributed by atoms with van der Waals surface area (Å²) in [5.74, 6) is 0.823. The molecule has 2 N–H and O–H groups in total. The fourth-order valence-corrected chi connectivity index (χ4v) is 4.06. The van der Waals surface area contributed by atoms with Crippen LogP contribution in [0.3, 0.4) is 0 Å². The molecule has 1 heterocycles. The third-order valence-electron chi connectivity index (χ3n) is 5.42. The van der Waals surface area contributed by atoms with Crippen molar-refractivity contribution in [3.05, 3.63) is 53.6 Å². The number of amides is 1. The van der Waals surface area contributed by atoms with Gasteiger partial charge in [0.2, 0.25) is 5.91 Å². The van der Waals surface area contributed by atoms with E-state index >= 15 is 0 Å². The number of nitrogens with zero attached hydrogens (tertiary/aromatic N) is 2. The van der Waals surface area contributed by atoms with Gasteiger partial charge in [-0.2, -0.15) is 0 Å². The van der Waals surface area contributed by atoms with E-state index in [1.807, 2.05) is 63.2 Å². The van der Waals surface area contributed by atoms with Crippen LogP contribution in [0, 0.1) is 13.8 Å². The van der Waals surface area contributed by atoms with Crippen LogP contribution in [0.1, 0.15) is 24.5 Å². The molecular formula is C24H32N4O2S. The van der Waals surface area contributed by atoms with E-state index in [-0.39, 0.29) is 5.91 Å². The molecule has 0 atom stereocenters. The highest BCUT2D eigenvalue weighted by atomic mass is 32.1. The first-order valence-corrected chi connectivity index (χ1v) is 11.2. The van der Waals surface area contributed by atoms with Gasteiger partial charge >= 0.3 is 0 Å². The average Bonchev–Trinajstić information content (AvgIpc) is 2.98.